The lowest BCUT2D eigenvalue weighted by molar-refractivity contribution is -0.121. The van der Waals surface area contributed by atoms with E-state index >= 15 is 0 Å². The SMILES string of the molecule is CCCCCCCC/C=C\CCCCCCCC(=O)NCCCc1ccccc1. The van der Waals surface area contributed by atoms with Crippen molar-refractivity contribution in [3.8, 4) is 0 Å². The van der Waals surface area contributed by atoms with Crippen LogP contribution in [-0.4, -0.2) is 12.5 Å². The Morgan fingerprint density at radius 2 is 1.34 bits per heavy atom. The van der Waals surface area contributed by atoms with E-state index in [0.717, 1.165) is 25.8 Å². The van der Waals surface area contributed by atoms with E-state index in [2.05, 4.69) is 48.7 Å². The van der Waals surface area contributed by atoms with Gasteiger partial charge in [0.05, 0.1) is 0 Å². The zero-order chi connectivity index (χ0) is 20.8. The predicted molar refractivity (Wildman–Crippen MR) is 127 cm³/mol. The second-order valence-electron chi connectivity index (χ2n) is 8.27. The summed E-state index contributed by atoms with van der Waals surface area (Å²) in [5, 5.41) is 3.05. The van der Waals surface area contributed by atoms with Crippen LogP contribution in [-0.2, 0) is 11.2 Å². The molecule has 1 N–H and O–H groups in total. The minimum atomic E-state index is 0.218. The highest BCUT2D eigenvalue weighted by molar-refractivity contribution is 5.75. The van der Waals surface area contributed by atoms with Gasteiger partial charge < -0.3 is 5.32 Å². The topological polar surface area (TPSA) is 29.1 Å². The second-order valence-corrected chi connectivity index (χ2v) is 8.27. The molecule has 0 heterocycles. The number of amides is 1. The summed E-state index contributed by atoms with van der Waals surface area (Å²) in [7, 11) is 0. The first kappa shape index (κ1) is 25.5. The van der Waals surface area contributed by atoms with Gasteiger partial charge in [0.2, 0.25) is 5.91 Å². The monoisotopic (exact) mass is 399 g/mol. The maximum Gasteiger partial charge on any atom is 0.219 e. The molecule has 2 nitrogen and oxygen atoms in total. The molecule has 0 unspecified atom stereocenters. The average molecular weight is 400 g/mol. The van der Waals surface area contributed by atoms with Gasteiger partial charge in [0.25, 0.3) is 0 Å². The maximum atomic E-state index is 11.9. The number of rotatable bonds is 19. The molecule has 1 aromatic carbocycles. The number of carbonyl (C=O) groups is 1. The third kappa shape index (κ3) is 17.0. The van der Waals surface area contributed by atoms with Crippen LogP contribution >= 0.6 is 0 Å². The number of benzene rings is 1. The molecular weight excluding hydrogens is 354 g/mol. The Hall–Kier alpha value is -1.57. The normalized spacial score (nSPS) is 11.2. The standard InChI is InChI=1S/C27H45NO/c1-2-3-4-5-6-7-8-9-10-11-12-13-14-15-19-24-27(29)28-25-20-23-26-21-17-16-18-22-26/h9-10,16-18,21-22H,2-8,11-15,19-20,23-25H2,1H3,(H,28,29)/b10-9-. The fourth-order valence-corrected chi connectivity index (χ4v) is 3.61. The van der Waals surface area contributed by atoms with Crippen LogP contribution in [0, 0.1) is 0 Å². The molecule has 29 heavy (non-hydrogen) atoms. The Labute approximate surface area is 180 Å². The molecule has 1 amide bonds. The van der Waals surface area contributed by atoms with E-state index in [1.165, 1.54) is 82.6 Å². The van der Waals surface area contributed by atoms with Crippen LogP contribution in [0.25, 0.3) is 0 Å². The number of allylic oxidation sites excluding steroid dienone is 2. The van der Waals surface area contributed by atoms with E-state index in [4.69, 9.17) is 0 Å². The fourth-order valence-electron chi connectivity index (χ4n) is 3.61. The smallest absolute Gasteiger partial charge is 0.219 e. The number of aryl methyl sites for hydroxylation is 1. The van der Waals surface area contributed by atoms with Crippen molar-refractivity contribution in [3.63, 3.8) is 0 Å². The summed E-state index contributed by atoms with van der Waals surface area (Å²) >= 11 is 0. The number of unbranched alkanes of at least 4 members (excludes halogenated alkanes) is 11. The van der Waals surface area contributed by atoms with E-state index in [0.29, 0.717) is 6.42 Å². The van der Waals surface area contributed by atoms with E-state index < -0.39 is 0 Å². The van der Waals surface area contributed by atoms with Crippen molar-refractivity contribution in [1.29, 1.82) is 0 Å². The summed E-state index contributed by atoms with van der Waals surface area (Å²) in [4.78, 5) is 11.9. The first-order valence-corrected chi connectivity index (χ1v) is 12.3. The number of nitrogens with one attached hydrogen (secondary N) is 1. The summed E-state index contributed by atoms with van der Waals surface area (Å²) in [6, 6.07) is 10.5. The molecule has 0 radical (unpaired) electrons. The zero-order valence-electron chi connectivity index (χ0n) is 19.0. The summed E-state index contributed by atoms with van der Waals surface area (Å²) < 4.78 is 0. The molecule has 0 saturated heterocycles. The first-order chi connectivity index (χ1) is 14.3. The number of carbonyl (C=O) groups excluding carboxylic acids is 1. The lowest BCUT2D eigenvalue weighted by Crippen LogP contribution is -2.24. The fraction of sp³-hybridized carbons (Fsp3) is 0.667. The van der Waals surface area contributed by atoms with Crippen LogP contribution in [0.3, 0.4) is 0 Å². The van der Waals surface area contributed by atoms with Gasteiger partial charge in [0.1, 0.15) is 0 Å². The Morgan fingerprint density at radius 3 is 2.00 bits per heavy atom. The molecule has 0 fully saturated rings. The minimum absolute atomic E-state index is 0.218. The van der Waals surface area contributed by atoms with Gasteiger partial charge in [-0.3, -0.25) is 4.79 Å². The summed E-state index contributed by atoms with van der Waals surface area (Å²) in [5.41, 5.74) is 1.35. The van der Waals surface area contributed by atoms with Gasteiger partial charge in [-0.05, 0) is 50.5 Å². The van der Waals surface area contributed by atoms with Crippen LogP contribution < -0.4 is 5.32 Å². The molecule has 0 bridgehead atoms. The van der Waals surface area contributed by atoms with Gasteiger partial charge in [-0.15, -0.1) is 0 Å². The molecule has 1 rings (SSSR count). The summed E-state index contributed by atoms with van der Waals surface area (Å²) in [6.07, 6.45) is 24.3. The highest BCUT2D eigenvalue weighted by atomic mass is 16.1. The van der Waals surface area contributed by atoms with Crippen LogP contribution in [0.15, 0.2) is 42.5 Å². The summed E-state index contributed by atoms with van der Waals surface area (Å²) in [6.45, 7) is 3.06. The van der Waals surface area contributed by atoms with Crippen molar-refractivity contribution in [2.45, 2.75) is 110 Å². The lowest BCUT2D eigenvalue weighted by Gasteiger charge is -2.05. The Kier molecular flexibility index (Phi) is 17.3. The third-order valence-corrected chi connectivity index (χ3v) is 5.47. The molecular formula is C27H45NO. The predicted octanol–water partition coefficient (Wildman–Crippen LogP) is 7.77. The first-order valence-electron chi connectivity index (χ1n) is 12.3. The van der Waals surface area contributed by atoms with Gasteiger partial charge in [-0.25, -0.2) is 0 Å². The molecule has 0 atom stereocenters. The van der Waals surface area contributed by atoms with E-state index in [1.54, 1.807) is 0 Å². The molecule has 1 aromatic rings. The highest BCUT2D eigenvalue weighted by Gasteiger charge is 2.00. The minimum Gasteiger partial charge on any atom is -0.356 e. The van der Waals surface area contributed by atoms with Crippen molar-refractivity contribution < 1.29 is 4.79 Å². The van der Waals surface area contributed by atoms with Crippen molar-refractivity contribution in [2.75, 3.05) is 6.54 Å². The van der Waals surface area contributed by atoms with Crippen LogP contribution in [0.1, 0.15) is 109 Å². The van der Waals surface area contributed by atoms with Crippen LogP contribution in [0.4, 0.5) is 0 Å². The van der Waals surface area contributed by atoms with Gasteiger partial charge in [-0.2, -0.15) is 0 Å². The molecule has 0 saturated carbocycles. The van der Waals surface area contributed by atoms with Crippen molar-refractivity contribution >= 4 is 5.91 Å². The molecule has 0 aromatic heterocycles. The maximum absolute atomic E-state index is 11.9. The zero-order valence-corrected chi connectivity index (χ0v) is 19.0. The molecule has 164 valence electrons. The largest absolute Gasteiger partial charge is 0.356 e. The van der Waals surface area contributed by atoms with Crippen molar-refractivity contribution in [2.24, 2.45) is 0 Å². The van der Waals surface area contributed by atoms with Gasteiger partial charge >= 0.3 is 0 Å². The quantitative estimate of drug-likeness (QED) is 0.187. The molecule has 0 aliphatic heterocycles. The van der Waals surface area contributed by atoms with Gasteiger partial charge in [-0.1, -0.05) is 101 Å². The van der Waals surface area contributed by atoms with Gasteiger partial charge in [0, 0.05) is 13.0 Å². The summed E-state index contributed by atoms with van der Waals surface area (Å²) in [5.74, 6) is 0.218. The molecule has 0 aliphatic carbocycles. The second kappa shape index (κ2) is 19.7. The van der Waals surface area contributed by atoms with Crippen LogP contribution in [0.5, 0.6) is 0 Å². The third-order valence-electron chi connectivity index (χ3n) is 5.47. The van der Waals surface area contributed by atoms with Crippen molar-refractivity contribution in [1.82, 2.24) is 5.32 Å². The molecule has 0 spiro atoms. The number of hydrogen-bond donors (Lipinski definition) is 1. The molecule has 2 heteroatoms. The van der Waals surface area contributed by atoms with Crippen LogP contribution in [0.2, 0.25) is 0 Å². The Morgan fingerprint density at radius 1 is 0.759 bits per heavy atom. The average Bonchev–Trinajstić information content (AvgIpc) is 2.75. The van der Waals surface area contributed by atoms with E-state index in [9.17, 15) is 4.79 Å². The van der Waals surface area contributed by atoms with Gasteiger partial charge in [0.15, 0.2) is 0 Å². The highest BCUT2D eigenvalue weighted by Crippen LogP contribution is 2.10. The van der Waals surface area contributed by atoms with E-state index in [1.807, 2.05) is 6.07 Å². The van der Waals surface area contributed by atoms with E-state index in [-0.39, 0.29) is 5.91 Å². The molecule has 0 aliphatic rings. The Balaban J connectivity index is 1.79. The number of hydrogen-bond acceptors (Lipinski definition) is 1. The lowest BCUT2D eigenvalue weighted by atomic mass is 10.1. The Bertz CT molecular complexity index is 509. The van der Waals surface area contributed by atoms with Crippen molar-refractivity contribution in [3.05, 3.63) is 48.0 Å².